The van der Waals surface area contributed by atoms with Crippen molar-refractivity contribution in [3.8, 4) is 0 Å². The van der Waals surface area contributed by atoms with Crippen LogP contribution in [0.2, 0.25) is 0 Å². The molecular formula is C16H15NO3S. The molecular weight excluding hydrogens is 286 g/mol. The second-order valence-electron chi connectivity index (χ2n) is 4.66. The van der Waals surface area contributed by atoms with Crippen LogP contribution < -0.4 is 5.14 Å². The number of hydrogen-bond acceptors (Lipinski definition) is 3. The minimum Gasteiger partial charge on any atom is -0.289 e. The smallest absolute Gasteiger partial charge is 0.231 e. The predicted molar refractivity (Wildman–Crippen MR) is 83.2 cm³/mol. The third-order valence-electron chi connectivity index (χ3n) is 2.99. The molecule has 0 saturated heterocycles. The van der Waals surface area contributed by atoms with E-state index in [1.54, 1.807) is 42.5 Å². The van der Waals surface area contributed by atoms with Gasteiger partial charge in [0.1, 0.15) is 0 Å². The quantitative estimate of drug-likeness (QED) is 0.881. The van der Waals surface area contributed by atoms with Crippen molar-refractivity contribution in [1.82, 2.24) is 0 Å². The lowest BCUT2D eigenvalue weighted by molar-refractivity contribution is 0.103. The Hall–Kier alpha value is -2.24. The molecule has 0 aliphatic carbocycles. The van der Waals surface area contributed by atoms with E-state index >= 15 is 0 Å². The third kappa shape index (κ3) is 4.11. The number of nitrogens with two attached hydrogens (primary N) is 1. The van der Waals surface area contributed by atoms with Gasteiger partial charge >= 0.3 is 0 Å². The molecule has 0 spiro atoms. The number of hydrogen-bond donors (Lipinski definition) is 1. The van der Waals surface area contributed by atoms with Crippen molar-refractivity contribution < 1.29 is 13.2 Å². The van der Waals surface area contributed by atoms with Gasteiger partial charge < -0.3 is 0 Å². The number of carbonyl (C=O) groups excluding carboxylic acids is 1. The normalized spacial score (nSPS) is 11.7. The van der Waals surface area contributed by atoms with Crippen molar-refractivity contribution in [2.45, 2.75) is 6.92 Å². The van der Waals surface area contributed by atoms with Gasteiger partial charge in [0, 0.05) is 16.5 Å². The summed E-state index contributed by atoms with van der Waals surface area (Å²) in [6.45, 7) is 1.84. The summed E-state index contributed by atoms with van der Waals surface area (Å²) in [6.07, 6.45) is 1.37. The molecule has 0 saturated carbocycles. The van der Waals surface area contributed by atoms with Crippen LogP contribution in [0.25, 0.3) is 6.08 Å². The predicted octanol–water partition coefficient (Wildman–Crippen LogP) is 2.49. The molecule has 0 aromatic heterocycles. The Labute approximate surface area is 124 Å². The highest BCUT2D eigenvalue weighted by Crippen LogP contribution is 2.17. The van der Waals surface area contributed by atoms with E-state index in [0.717, 1.165) is 11.0 Å². The summed E-state index contributed by atoms with van der Waals surface area (Å²) in [7, 11) is -3.68. The van der Waals surface area contributed by atoms with Crippen LogP contribution in [0.4, 0.5) is 0 Å². The summed E-state index contributed by atoms with van der Waals surface area (Å²) in [5, 5.41) is 5.83. The topological polar surface area (TPSA) is 77.2 Å². The van der Waals surface area contributed by atoms with Gasteiger partial charge in [-0.15, -0.1) is 0 Å². The lowest BCUT2D eigenvalue weighted by Gasteiger charge is -2.06. The van der Waals surface area contributed by atoms with Crippen LogP contribution in [0.15, 0.2) is 53.9 Å². The first kappa shape index (κ1) is 15.2. The summed E-state index contributed by atoms with van der Waals surface area (Å²) in [5.41, 5.74) is 2.57. The van der Waals surface area contributed by atoms with Gasteiger partial charge in [-0.3, -0.25) is 4.79 Å². The van der Waals surface area contributed by atoms with Gasteiger partial charge in [-0.1, -0.05) is 42.5 Å². The molecule has 108 valence electrons. The number of rotatable bonds is 4. The van der Waals surface area contributed by atoms with Crippen molar-refractivity contribution >= 4 is 21.9 Å². The first-order chi connectivity index (χ1) is 9.87. The summed E-state index contributed by atoms with van der Waals surface area (Å²) >= 11 is 0. The molecule has 0 aliphatic rings. The van der Waals surface area contributed by atoms with Crippen molar-refractivity contribution in [1.29, 1.82) is 0 Å². The van der Waals surface area contributed by atoms with Gasteiger partial charge in [-0.05, 0) is 30.2 Å². The van der Waals surface area contributed by atoms with Gasteiger partial charge in [0.05, 0.1) is 0 Å². The Morgan fingerprint density at radius 2 is 1.76 bits per heavy atom. The number of aryl methyl sites for hydroxylation is 1. The maximum Gasteiger partial charge on any atom is 0.231 e. The second-order valence-corrected chi connectivity index (χ2v) is 6.11. The molecule has 2 aromatic rings. The fraction of sp³-hybridized carbons (Fsp3) is 0.0625. The second kappa shape index (κ2) is 6.03. The van der Waals surface area contributed by atoms with E-state index in [4.69, 9.17) is 5.14 Å². The Morgan fingerprint density at radius 1 is 1.10 bits per heavy atom. The monoisotopic (exact) mass is 301 g/mol. The van der Waals surface area contributed by atoms with Crippen molar-refractivity contribution in [2.75, 3.05) is 0 Å². The number of primary sulfonamides is 1. The minimum atomic E-state index is -3.68. The van der Waals surface area contributed by atoms with Crippen molar-refractivity contribution in [3.05, 3.63) is 76.2 Å². The fourth-order valence-electron chi connectivity index (χ4n) is 1.91. The molecule has 2 aromatic carbocycles. The Bertz CT molecular complexity index is 794. The van der Waals surface area contributed by atoms with Gasteiger partial charge in [0.2, 0.25) is 10.0 Å². The molecule has 0 radical (unpaired) electrons. The van der Waals surface area contributed by atoms with Crippen LogP contribution in [0.1, 0.15) is 27.0 Å². The zero-order valence-corrected chi connectivity index (χ0v) is 12.3. The molecule has 4 nitrogen and oxygen atoms in total. The van der Waals surface area contributed by atoms with Crippen LogP contribution in [0.3, 0.4) is 0 Å². The molecule has 0 fully saturated rings. The molecule has 0 atom stereocenters. The number of ketones is 1. The Kier molecular flexibility index (Phi) is 4.35. The van der Waals surface area contributed by atoms with Crippen LogP contribution in [0, 0.1) is 6.92 Å². The van der Waals surface area contributed by atoms with Gasteiger partial charge in [0.25, 0.3) is 0 Å². The van der Waals surface area contributed by atoms with E-state index < -0.39 is 10.0 Å². The van der Waals surface area contributed by atoms with Gasteiger partial charge in [-0.2, -0.15) is 0 Å². The van der Waals surface area contributed by atoms with E-state index in [1.165, 1.54) is 6.08 Å². The lowest BCUT2D eigenvalue weighted by Crippen LogP contribution is -2.07. The molecule has 2 rings (SSSR count). The van der Waals surface area contributed by atoms with Gasteiger partial charge in [-0.25, -0.2) is 13.6 Å². The molecule has 0 bridgehead atoms. The van der Waals surface area contributed by atoms with Gasteiger partial charge in [0.15, 0.2) is 5.78 Å². The molecule has 0 amide bonds. The molecule has 5 heteroatoms. The molecule has 0 heterocycles. The van der Waals surface area contributed by atoms with Crippen molar-refractivity contribution in [3.63, 3.8) is 0 Å². The standard InChI is InChI=1S/C16H15NO3S/c1-12-7-8-13(9-10-21(17,19)20)11-15(12)16(18)14-5-3-2-4-6-14/h2-11H,1H3,(H2,17,19,20)/b10-9+. The summed E-state index contributed by atoms with van der Waals surface area (Å²) in [4.78, 5) is 12.5. The Balaban J connectivity index is 2.41. The number of carbonyl (C=O) groups is 1. The van der Waals surface area contributed by atoms with E-state index in [-0.39, 0.29) is 5.78 Å². The average molecular weight is 301 g/mol. The maximum absolute atomic E-state index is 12.5. The van der Waals surface area contributed by atoms with E-state index in [2.05, 4.69) is 0 Å². The van der Waals surface area contributed by atoms with Crippen LogP contribution >= 0.6 is 0 Å². The first-order valence-electron chi connectivity index (χ1n) is 6.28. The average Bonchev–Trinajstić information content (AvgIpc) is 2.46. The zero-order valence-electron chi connectivity index (χ0n) is 11.5. The molecule has 0 unspecified atom stereocenters. The molecule has 0 aliphatic heterocycles. The number of benzene rings is 2. The van der Waals surface area contributed by atoms with Crippen LogP contribution in [-0.2, 0) is 10.0 Å². The van der Waals surface area contributed by atoms with Crippen molar-refractivity contribution in [2.24, 2.45) is 5.14 Å². The summed E-state index contributed by atoms with van der Waals surface area (Å²) in [5.74, 6) is -0.0982. The van der Waals surface area contributed by atoms with E-state index in [9.17, 15) is 13.2 Å². The van der Waals surface area contributed by atoms with Crippen LogP contribution in [-0.4, -0.2) is 14.2 Å². The largest absolute Gasteiger partial charge is 0.289 e. The number of sulfonamides is 1. The molecule has 21 heavy (non-hydrogen) atoms. The molecule has 2 N–H and O–H groups in total. The van der Waals surface area contributed by atoms with E-state index in [1.807, 2.05) is 13.0 Å². The SMILES string of the molecule is Cc1ccc(/C=C/S(N)(=O)=O)cc1C(=O)c1ccccc1. The first-order valence-corrected chi connectivity index (χ1v) is 7.89. The maximum atomic E-state index is 12.5. The zero-order chi connectivity index (χ0) is 15.5. The third-order valence-corrected chi connectivity index (χ3v) is 3.51. The summed E-state index contributed by atoms with van der Waals surface area (Å²) < 4.78 is 21.9. The highest BCUT2D eigenvalue weighted by atomic mass is 32.2. The Morgan fingerprint density at radius 3 is 2.38 bits per heavy atom. The lowest BCUT2D eigenvalue weighted by atomic mass is 9.97. The minimum absolute atomic E-state index is 0.0982. The highest BCUT2D eigenvalue weighted by molar-refractivity contribution is 7.92. The van der Waals surface area contributed by atoms with E-state index in [0.29, 0.717) is 16.7 Å². The highest BCUT2D eigenvalue weighted by Gasteiger charge is 2.11. The fourth-order valence-corrected chi connectivity index (χ4v) is 2.25. The van der Waals surface area contributed by atoms with Crippen LogP contribution in [0.5, 0.6) is 0 Å². The summed E-state index contributed by atoms with van der Waals surface area (Å²) in [6, 6.07) is 14.1.